The Bertz CT molecular complexity index is 1260. The maximum absolute atomic E-state index is 9.53. The average molecular weight is 579 g/mol. The van der Waals surface area contributed by atoms with Gasteiger partial charge in [-0.1, -0.05) is 98.5 Å². The van der Waals surface area contributed by atoms with Gasteiger partial charge >= 0.3 is 0 Å². The van der Waals surface area contributed by atoms with Gasteiger partial charge in [-0.15, -0.1) is 6.58 Å². The lowest BCUT2D eigenvalue weighted by molar-refractivity contribution is -0.0980. The van der Waals surface area contributed by atoms with Gasteiger partial charge in [-0.2, -0.15) is 0 Å². The Labute approximate surface area is 261 Å². The number of carbonyl (C=O) groups is 1. The molecule has 0 radical (unpaired) electrons. The van der Waals surface area contributed by atoms with E-state index in [1.807, 2.05) is 6.79 Å². The van der Waals surface area contributed by atoms with Crippen molar-refractivity contribution in [2.45, 2.75) is 103 Å². The highest BCUT2D eigenvalue weighted by Gasteiger charge is 2.27. The molecule has 43 heavy (non-hydrogen) atoms. The number of aliphatic hydroxyl groups is 1. The average Bonchev–Trinajstić information content (AvgIpc) is 3.05. The third-order valence-electron chi connectivity index (χ3n) is 10.2. The number of hydrogen-bond donors (Lipinski definition) is 1. The highest BCUT2D eigenvalue weighted by atomic mass is 16.3. The second-order valence-corrected chi connectivity index (χ2v) is 13.4. The molecule has 2 aliphatic carbocycles. The molecule has 3 aromatic carbocycles. The molecule has 2 nitrogen and oxygen atoms in total. The molecule has 2 atom stereocenters. The van der Waals surface area contributed by atoms with Crippen molar-refractivity contribution >= 4 is 6.79 Å². The van der Waals surface area contributed by atoms with E-state index in [1.165, 1.54) is 96.7 Å². The summed E-state index contributed by atoms with van der Waals surface area (Å²) in [4.78, 5) is 8.00. The van der Waals surface area contributed by atoms with Crippen LogP contribution in [-0.4, -0.2) is 18.5 Å². The summed E-state index contributed by atoms with van der Waals surface area (Å²) in [5.74, 6) is 2.90. The molecule has 0 amide bonds. The van der Waals surface area contributed by atoms with E-state index in [4.69, 9.17) is 4.79 Å². The molecule has 1 fully saturated rings. The van der Waals surface area contributed by atoms with E-state index in [0.717, 1.165) is 37.5 Å². The zero-order chi connectivity index (χ0) is 30.6. The zero-order valence-corrected chi connectivity index (χ0v) is 26.8. The monoisotopic (exact) mass is 578 g/mol. The topological polar surface area (TPSA) is 37.3 Å². The van der Waals surface area contributed by atoms with Gasteiger partial charge in [-0.25, -0.2) is 0 Å². The Balaban J connectivity index is 0.00000207. The van der Waals surface area contributed by atoms with E-state index in [2.05, 4.69) is 87.2 Å². The number of allylic oxidation sites excluding steroid dienone is 1. The van der Waals surface area contributed by atoms with E-state index in [-0.39, 0.29) is 0 Å². The Kier molecular flexibility index (Phi) is 12.8. The molecule has 2 aliphatic rings. The largest absolute Gasteiger partial charge is 0.396 e. The van der Waals surface area contributed by atoms with Gasteiger partial charge in [0.25, 0.3) is 0 Å². The van der Waals surface area contributed by atoms with Gasteiger partial charge in [-0.3, -0.25) is 0 Å². The van der Waals surface area contributed by atoms with Crippen LogP contribution in [-0.2, 0) is 30.5 Å². The number of hydrogen-bond acceptors (Lipinski definition) is 2. The van der Waals surface area contributed by atoms with Gasteiger partial charge in [0.05, 0.1) is 0 Å². The molecule has 2 unspecified atom stereocenters. The van der Waals surface area contributed by atoms with Crippen LogP contribution >= 0.6 is 0 Å². The van der Waals surface area contributed by atoms with Crippen molar-refractivity contribution in [1.82, 2.24) is 0 Å². The van der Waals surface area contributed by atoms with Crippen molar-refractivity contribution in [1.29, 1.82) is 0 Å². The summed E-state index contributed by atoms with van der Waals surface area (Å²) in [5, 5.41) is 9.53. The molecular formula is C41H54O2. The first-order chi connectivity index (χ1) is 21.0. The molecule has 0 bridgehead atoms. The molecule has 0 aromatic heterocycles. The Hall–Kier alpha value is -2.97. The number of carbonyl (C=O) groups excluding carboxylic acids is 1. The highest BCUT2D eigenvalue weighted by molar-refractivity contribution is 5.65. The lowest BCUT2D eigenvalue weighted by atomic mass is 9.72. The van der Waals surface area contributed by atoms with Crippen LogP contribution in [0, 0.1) is 17.8 Å². The van der Waals surface area contributed by atoms with Crippen molar-refractivity contribution in [3.63, 3.8) is 0 Å². The number of aliphatic hydroxyl groups excluding tert-OH is 1. The highest BCUT2D eigenvalue weighted by Crippen LogP contribution is 2.39. The Morgan fingerprint density at radius 3 is 2.14 bits per heavy atom. The predicted molar refractivity (Wildman–Crippen MR) is 183 cm³/mol. The van der Waals surface area contributed by atoms with Gasteiger partial charge in [0.1, 0.15) is 6.79 Å². The Morgan fingerprint density at radius 1 is 0.837 bits per heavy atom. The van der Waals surface area contributed by atoms with Crippen LogP contribution in [0.4, 0.5) is 0 Å². The fourth-order valence-electron chi connectivity index (χ4n) is 7.77. The summed E-state index contributed by atoms with van der Waals surface area (Å²) in [5.41, 5.74) is 11.5. The normalized spacial score (nSPS) is 20.4. The molecule has 5 rings (SSSR count). The van der Waals surface area contributed by atoms with E-state index in [9.17, 15) is 5.11 Å². The smallest absolute Gasteiger partial charge is 0.106 e. The van der Waals surface area contributed by atoms with Crippen LogP contribution in [0.25, 0.3) is 11.1 Å². The second-order valence-electron chi connectivity index (χ2n) is 13.4. The van der Waals surface area contributed by atoms with E-state index < -0.39 is 0 Å². The second kappa shape index (κ2) is 16.8. The molecule has 1 saturated carbocycles. The minimum Gasteiger partial charge on any atom is -0.396 e. The molecule has 0 saturated heterocycles. The van der Waals surface area contributed by atoms with Crippen LogP contribution in [0.3, 0.4) is 0 Å². The molecule has 2 heteroatoms. The third-order valence-corrected chi connectivity index (χ3v) is 10.2. The first kappa shape index (κ1) is 32.9. The Morgan fingerprint density at radius 2 is 1.49 bits per heavy atom. The molecular weight excluding hydrogens is 524 g/mol. The molecule has 0 heterocycles. The lowest BCUT2D eigenvalue weighted by Gasteiger charge is -2.34. The summed E-state index contributed by atoms with van der Waals surface area (Å²) in [6.45, 7) is 10.8. The van der Waals surface area contributed by atoms with Gasteiger partial charge in [0, 0.05) is 6.61 Å². The van der Waals surface area contributed by atoms with Gasteiger partial charge in [0.15, 0.2) is 0 Å². The van der Waals surface area contributed by atoms with E-state index in [1.54, 1.807) is 5.56 Å². The predicted octanol–water partition coefficient (Wildman–Crippen LogP) is 10.1. The van der Waals surface area contributed by atoms with E-state index in [0.29, 0.717) is 18.4 Å². The molecule has 0 aliphatic heterocycles. The lowest BCUT2D eigenvalue weighted by Crippen LogP contribution is -2.23. The van der Waals surface area contributed by atoms with Crippen molar-refractivity contribution < 1.29 is 9.90 Å². The van der Waals surface area contributed by atoms with Crippen LogP contribution < -0.4 is 0 Å². The standard InChI is InChI=1S/C40H52O.CH2O/c1-4-5-30-8-14-33(15-9-30)36-20-22-39-28-37(21-23-38(39)27-36)34-16-10-31(11-17-34)6-7-32-12-18-35(19-13-32)40(24-25-41)26-29(2)3;1-2/h8-11,14-17,20,22,27,32,35,37,40-41H,2,4-7,12-13,18-19,21,23-26,28H2,1,3H3;1H2. The summed E-state index contributed by atoms with van der Waals surface area (Å²) >= 11 is 0. The molecule has 0 spiro atoms. The van der Waals surface area contributed by atoms with Crippen molar-refractivity contribution in [2.24, 2.45) is 17.8 Å². The first-order valence-electron chi connectivity index (χ1n) is 16.9. The molecule has 3 aromatic rings. The summed E-state index contributed by atoms with van der Waals surface area (Å²) in [6, 6.07) is 26.0. The fourth-order valence-corrected chi connectivity index (χ4v) is 7.77. The van der Waals surface area contributed by atoms with Crippen LogP contribution in [0.2, 0.25) is 0 Å². The summed E-state index contributed by atoms with van der Waals surface area (Å²) in [7, 11) is 0. The molecule has 230 valence electrons. The van der Waals surface area contributed by atoms with Crippen LogP contribution in [0.15, 0.2) is 78.9 Å². The van der Waals surface area contributed by atoms with Gasteiger partial charge in [-0.05, 0) is 134 Å². The quantitative estimate of drug-likeness (QED) is 0.217. The first-order valence-corrected chi connectivity index (χ1v) is 16.9. The minimum atomic E-state index is 0.316. The maximum Gasteiger partial charge on any atom is 0.106 e. The summed E-state index contributed by atoms with van der Waals surface area (Å²) < 4.78 is 0. The minimum absolute atomic E-state index is 0.316. The third kappa shape index (κ3) is 9.26. The number of benzene rings is 3. The SMILES string of the molecule is C=C(C)CC(CCO)C1CCC(CCc2ccc(C3CCc4cc(-c5ccc(CCC)cc5)ccc4C3)cc2)CC1.C=O. The fraction of sp³-hybridized carbons (Fsp3) is 0.488. The number of rotatable bonds is 12. The van der Waals surface area contributed by atoms with Crippen LogP contribution in [0.5, 0.6) is 0 Å². The number of aryl methyl sites for hydroxylation is 3. The zero-order valence-electron chi connectivity index (χ0n) is 26.8. The van der Waals surface area contributed by atoms with Crippen molar-refractivity contribution in [2.75, 3.05) is 6.61 Å². The maximum atomic E-state index is 9.53. The van der Waals surface area contributed by atoms with Gasteiger partial charge in [0.2, 0.25) is 0 Å². The number of fused-ring (bicyclic) bond motifs is 1. The summed E-state index contributed by atoms with van der Waals surface area (Å²) in [6.07, 6.45) is 15.9. The van der Waals surface area contributed by atoms with E-state index >= 15 is 0 Å². The van der Waals surface area contributed by atoms with Crippen LogP contribution in [0.1, 0.15) is 105 Å². The van der Waals surface area contributed by atoms with Crippen molar-refractivity contribution in [3.05, 3.63) is 107 Å². The van der Waals surface area contributed by atoms with Crippen molar-refractivity contribution in [3.8, 4) is 11.1 Å². The van der Waals surface area contributed by atoms with Gasteiger partial charge < -0.3 is 9.90 Å². The molecule has 1 N–H and O–H groups in total.